The molecule has 5 rings (SSSR count). The van der Waals surface area contributed by atoms with Gasteiger partial charge in [-0.2, -0.15) is 0 Å². The predicted octanol–water partition coefficient (Wildman–Crippen LogP) is 6.33. The van der Waals surface area contributed by atoms with Gasteiger partial charge in [0.1, 0.15) is 22.7 Å². The maximum Gasteiger partial charge on any atom is 0.347 e. The van der Waals surface area contributed by atoms with Gasteiger partial charge in [0.05, 0.1) is 30.2 Å². The number of ether oxygens (including phenoxy) is 3. The number of thiophene rings is 1. The van der Waals surface area contributed by atoms with Gasteiger partial charge in [-0.05, 0) is 54.8 Å². The highest BCUT2D eigenvalue weighted by Gasteiger charge is 2.29. The Morgan fingerprint density at radius 3 is 2.72 bits per heavy atom. The number of aromatic hydroxyl groups is 1. The summed E-state index contributed by atoms with van der Waals surface area (Å²) in [6.45, 7) is 3.46. The summed E-state index contributed by atoms with van der Waals surface area (Å²) in [5.74, 6) is -0.480. The number of hydrogen-bond donors (Lipinski definition) is 1. The van der Waals surface area contributed by atoms with Crippen LogP contribution in [0.5, 0.6) is 17.4 Å². The first-order chi connectivity index (χ1) is 18.9. The van der Waals surface area contributed by atoms with Gasteiger partial charge in [0.25, 0.3) is 0 Å². The lowest BCUT2D eigenvalue weighted by molar-refractivity contribution is -0.151. The number of aromatic nitrogens is 2. The van der Waals surface area contributed by atoms with Crippen molar-refractivity contribution in [3.8, 4) is 39.1 Å². The van der Waals surface area contributed by atoms with Crippen LogP contribution < -0.4 is 9.47 Å². The number of esters is 1. The molecule has 3 aromatic heterocycles. The fourth-order valence-corrected chi connectivity index (χ4v) is 5.51. The summed E-state index contributed by atoms with van der Waals surface area (Å²) in [5.41, 5.74) is 2.05. The van der Waals surface area contributed by atoms with Gasteiger partial charge in [-0.25, -0.2) is 19.2 Å². The Labute approximate surface area is 227 Å². The number of benzene rings is 2. The second-order valence-electron chi connectivity index (χ2n) is 8.59. The van der Waals surface area contributed by atoms with Crippen molar-refractivity contribution in [3.05, 3.63) is 78.1 Å². The summed E-state index contributed by atoms with van der Waals surface area (Å²) in [4.78, 5) is 23.1. The molecule has 200 valence electrons. The smallest absolute Gasteiger partial charge is 0.347 e. The van der Waals surface area contributed by atoms with Crippen molar-refractivity contribution in [1.29, 1.82) is 0 Å². The highest BCUT2D eigenvalue weighted by molar-refractivity contribution is 7.22. The van der Waals surface area contributed by atoms with Crippen molar-refractivity contribution < 1.29 is 32.9 Å². The highest BCUT2D eigenvalue weighted by atomic mass is 32.1. The molecule has 0 amide bonds. The zero-order chi connectivity index (χ0) is 27.5. The molecule has 1 atom stereocenters. The Bertz CT molecular complexity index is 1630. The van der Waals surface area contributed by atoms with E-state index in [1.165, 1.54) is 23.7 Å². The molecule has 0 unspecified atom stereocenters. The summed E-state index contributed by atoms with van der Waals surface area (Å²) >= 11 is 1.32. The monoisotopic (exact) mass is 548 g/mol. The van der Waals surface area contributed by atoms with Crippen molar-refractivity contribution >= 4 is 27.5 Å². The number of fused-ring (bicyclic) bond motifs is 1. The van der Waals surface area contributed by atoms with E-state index in [-0.39, 0.29) is 24.5 Å². The van der Waals surface area contributed by atoms with Crippen molar-refractivity contribution in [1.82, 2.24) is 9.97 Å². The van der Waals surface area contributed by atoms with E-state index in [0.717, 1.165) is 5.56 Å². The molecule has 0 spiro atoms. The molecule has 0 fully saturated rings. The fraction of sp³-hybridized carbons (Fsp3) is 0.207. The van der Waals surface area contributed by atoms with Crippen LogP contribution in [0.15, 0.2) is 65.5 Å². The van der Waals surface area contributed by atoms with Gasteiger partial charge in [0.15, 0.2) is 11.6 Å². The van der Waals surface area contributed by atoms with Crippen LogP contribution in [-0.4, -0.2) is 40.9 Å². The van der Waals surface area contributed by atoms with Crippen molar-refractivity contribution in [3.63, 3.8) is 0 Å². The lowest BCUT2D eigenvalue weighted by atomic mass is 9.97. The molecular formula is C29H25FN2O6S. The zero-order valence-corrected chi connectivity index (χ0v) is 22.3. The third-order valence-electron chi connectivity index (χ3n) is 6.24. The Kier molecular flexibility index (Phi) is 7.47. The molecule has 0 saturated carbocycles. The van der Waals surface area contributed by atoms with Crippen LogP contribution in [0.2, 0.25) is 0 Å². The number of carbonyl (C=O) groups excluding carboxylic acids is 1. The zero-order valence-electron chi connectivity index (χ0n) is 21.4. The average Bonchev–Trinajstić information content (AvgIpc) is 3.61. The second-order valence-corrected chi connectivity index (χ2v) is 9.59. The van der Waals surface area contributed by atoms with E-state index in [1.54, 1.807) is 51.5 Å². The molecule has 0 aliphatic heterocycles. The Morgan fingerprint density at radius 1 is 1.15 bits per heavy atom. The van der Waals surface area contributed by atoms with Crippen LogP contribution in [0.1, 0.15) is 18.1 Å². The van der Waals surface area contributed by atoms with E-state index < -0.39 is 23.6 Å². The molecule has 2 aromatic carbocycles. The lowest BCUT2D eigenvalue weighted by Gasteiger charge is -2.19. The molecule has 3 heterocycles. The van der Waals surface area contributed by atoms with E-state index in [1.807, 2.05) is 18.2 Å². The van der Waals surface area contributed by atoms with Crippen molar-refractivity contribution in [2.75, 3.05) is 13.7 Å². The third kappa shape index (κ3) is 5.03. The number of phenolic OH excluding ortho intramolecular Hbond substituents is 1. The van der Waals surface area contributed by atoms with E-state index in [0.29, 0.717) is 37.7 Å². The molecule has 0 radical (unpaired) electrons. The Morgan fingerprint density at radius 2 is 1.97 bits per heavy atom. The number of nitrogens with zero attached hydrogens (tertiary/aromatic N) is 2. The molecule has 0 saturated heterocycles. The van der Waals surface area contributed by atoms with Crippen LogP contribution in [0.25, 0.3) is 32.0 Å². The first-order valence-electron chi connectivity index (χ1n) is 12.2. The molecule has 8 nitrogen and oxygen atoms in total. The summed E-state index contributed by atoms with van der Waals surface area (Å²) in [6.07, 6.45) is 1.99. The number of phenols is 1. The fourth-order valence-electron chi connectivity index (χ4n) is 4.39. The minimum Gasteiger partial charge on any atom is -0.505 e. The maximum absolute atomic E-state index is 14.9. The summed E-state index contributed by atoms with van der Waals surface area (Å²) in [6, 6.07) is 13.8. The largest absolute Gasteiger partial charge is 0.505 e. The van der Waals surface area contributed by atoms with Crippen LogP contribution in [0.3, 0.4) is 0 Å². The topological polar surface area (TPSA) is 104 Å². The van der Waals surface area contributed by atoms with Crippen LogP contribution >= 0.6 is 11.3 Å². The van der Waals surface area contributed by atoms with E-state index in [2.05, 4.69) is 9.97 Å². The number of para-hydroxylation sites is 1. The van der Waals surface area contributed by atoms with Gasteiger partial charge in [0, 0.05) is 12.0 Å². The SMILES string of the molecule is CCOC(=O)[C@@H](Cc1ccccc1OC)Oc1ncnc2sc(-c3ccco3)c(-c3ccc(O)c(F)c3C)c12. The van der Waals surface area contributed by atoms with Gasteiger partial charge in [-0.15, -0.1) is 11.3 Å². The average molecular weight is 549 g/mol. The van der Waals surface area contributed by atoms with Crippen molar-refractivity contribution in [2.24, 2.45) is 0 Å². The second kappa shape index (κ2) is 11.1. The summed E-state index contributed by atoms with van der Waals surface area (Å²) in [5, 5.41) is 10.4. The first kappa shape index (κ1) is 26.2. The van der Waals surface area contributed by atoms with Gasteiger partial charge in [0.2, 0.25) is 12.0 Å². The Hall–Kier alpha value is -4.44. The Balaban J connectivity index is 1.69. The number of carbonyl (C=O) groups is 1. The van der Waals surface area contributed by atoms with Crippen molar-refractivity contribution in [2.45, 2.75) is 26.4 Å². The maximum atomic E-state index is 14.9. The number of halogens is 1. The molecule has 0 aliphatic rings. The van der Waals surface area contributed by atoms with E-state index in [4.69, 9.17) is 18.6 Å². The molecule has 39 heavy (non-hydrogen) atoms. The van der Waals surface area contributed by atoms with Crippen LogP contribution in [0, 0.1) is 12.7 Å². The molecule has 0 aliphatic carbocycles. The van der Waals surface area contributed by atoms with E-state index in [9.17, 15) is 14.3 Å². The van der Waals surface area contributed by atoms with Gasteiger partial charge in [-0.3, -0.25) is 0 Å². The summed E-state index contributed by atoms with van der Waals surface area (Å²) < 4.78 is 37.6. The minimum absolute atomic E-state index is 0.130. The molecule has 10 heteroatoms. The molecule has 1 N–H and O–H groups in total. The molecule has 0 bridgehead atoms. The minimum atomic E-state index is -1.06. The molecular weight excluding hydrogens is 523 g/mol. The summed E-state index contributed by atoms with van der Waals surface area (Å²) in [7, 11) is 1.56. The highest BCUT2D eigenvalue weighted by Crippen LogP contribution is 2.48. The lowest BCUT2D eigenvalue weighted by Crippen LogP contribution is -2.32. The van der Waals surface area contributed by atoms with Gasteiger partial charge in [-0.1, -0.05) is 24.3 Å². The third-order valence-corrected chi connectivity index (χ3v) is 7.35. The van der Waals surface area contributed by atoms with Crippen LogP contribution in [-0.2, 0) is 16.0 Å². The number of methoxy groups -OCH3 is 1. The van der Waals surface area contributed by atoms with Gasteiger partial charge < -0.3 is 23.7 Å². The quantitative estimate of drug-likeness (QED) is 0.213. The van der Waals surface area contributed by atoms with E-state index >= 15 is 0 Å². The first-order valence-corrected chi connectivity index (χ1v) is 13.0. The molecule has 5 aromatic rings. The van der Waals surface area contributed by atoms with Crippen LogP contribution in [0.4, 0.5) is 4.39 Å². The standard InChI is InChI=1S/C29H25FN2O6S/c1-4-36-29(34)22(14-17-8-5-6-9-20(17)35-3)38-27-24-23(18-11-12-19(33)25(30)16(18)2)26(21-10-7-13-37-21)39-28(24)32-15-31-27/h5-13,15,22,33H,4,14H2,1-3H3/t22-/m1/s1. The normalized spacial score (nSPS) is 11.9. The number of rotatable bonds is 9. The predicted molar refractivity (Wildman–Crippen MR) is 145 cm³/mol. The number of furan rings is 1. The van der Waals surface area contributed by atoms with Gasteiger partial charge >= 0.3 is 5.97 Å². The number of hydrogen-bond acceptors (Lipinski definition) is 9.